The molecule has 3 nitrogen and oxygen atoms in total. The van der Waals surface area contributed by atoms with Crippen molar-refractivity contribution < 1.29 is 4.39 Å². The van der Waals surface area contributed by atoms with E-state index in [1.807, 2.05) is 30.7 Å². The Morgan fingerprint density at radius 3 is 2.83 bits per heavy atom. The minimum absolute atomic E-state index is 0.200. The van der Waals surface area contributed by atoms with E-state index in [0.29, 0.717) is 6.54 Å². The van der Waals surface area contributed by atoms with Crippen LogP contribution in [-0.4, -0.2) is 16.3 Å². The van der Waals surface area contributed by atoms with Crippen LogP contribution >= 0.6 is 0 Å². The predicted octanol–water partition coefficient (Wildman–Crippen LogP) is 2.82. The number of hydrogen-bond donors (Lipinski definition) is 1. The fourth-order valence-electron chi connectivity index (χ4n) is 2.03. The zero-order chi connectivity index (χ0) is 13.0. The first-order valence-electron chi connectivity index (χ1n) is 6.27. The molecule has 2 rings (SSSR count). The Morgan fingerprint density at radius 2 is 2.11 bits per heavy atom. The molecule has 18 heavy (non-hydrogen) atoms. The molecule has 0 amide bonds. The van der Waals surface area contributed by atoms with Crippen LogP contribution in [0.5, 0.6) is 0 Å². The second-order valence-electron chi connectivity index (χ2n) is 4.11. The quantitative estimate of drug-likeness (QED) is 0.880. The summed E-state index contributed by atoms with van der Waals surface area (Å²) < 4.78 is 15.3. The van der Waals surface area contributed by atoms with Gasteiger partial charge < -0.3 is 5.32 Å². The van der Waals surface area contributed by atoms with E-state index in [4.69, 9.17) is 0 Å². The molecule has 0 aliphatic carbocycles. The van der Waals surface area contributed by atoms with Crippen molar-refractivity contribution in [2.45, 2.75) is 26.9 Å². The first-order chi connectivity index (χ1) is 8.76. The van der Waals surface area contributed by atoms with Crippen LogP contribution in [0.3, 0.4) is 0 Å². The normalized spacial score (nSPS) is 10.8. The topological polar surface area (TPSA) is 29.9 Å². The van der Waals surface area contributed by atoms with Crippen LogP contribution in [-0.2, 0) is 13.1 Å². The van der Waals surface area contributed by atoms with Crippen molar-refractivity contribution >= 4 is 0 Å². The number of halogens is 1. The van der Waals surface area contributed by atoms with E-state index >= 15 is 0 Å². The molecule has 0 atom stereocenters. The Kier molecular flexibility index (Phi) is 4.10. The van der Waals surface area contributed by atoms with Gasteiger partial charge in [-0.15, -0.1) is 0 Å². The zero-order valence-electron chi connectivity index (χ0n) is 10.8. The molecule has 0 unspecified atom stereocenters. The zero-order valence-corrected chi connectivity index (χ0v) is 10.8. The summed E-state index contributed by atoms with van der Waals surface area (Å²) in [4.78, 5) is 0. The molecule has 0 saturated carbocycles. The second-order valence-corrected chi connectivity index (χ2v) is 4.11. The largest absolute Gasteiger partial charge is 0.313 e. The monoisotopic (exact) mass is 247 g/mol. The van der Waals surface area contributed by atoms with Gasteiger partial charge in [-0.3, -0.25) is 4.68 Å². The highest BCUT2D eigenvalue weighted by Gasteiger charge is 2.10. The molecule has 96 valence electrons. The smallest absolute Gasteiger partial charge is 0.123 e. The van der Waals surface area contributed by atoms with Gasteiger partial charge in [0.05, 0.1) is 5.69 Å². The molecule has 1 heterocycles. The predicted molar refractivity (Wildman–Crippen MR) is 70.7 cm³/mol. The Labute approximate surface area is 107 Å². The van der Waals surface area contributed by atoms with Gasteiger partial charge in [-0.2, -0.15) is 5.10 Å². The summed E-state index contributed by atoms with van der Waals surface area (Å²) in [6.45, 7) is 6.42. The SMILES string of the molecule is CCNCc1cc(F)ccc1-c1ccnn1CC. The van der Waals surface area contributed by atoms with E-state index in [1.165, 1.54) is 6.07 Å². The van der Waals surface area contributed by atoms with Gasteiger partial charge in [-0.1, -0.05) is 6.92 Å². The van der Waals surface area contributed by atoms with E-state index in [9.17, 15) is 4.39 Å². The first kappa shape index (κ1) is 12.8. The van der Waals surface area contributed by atoms with Gasteiger partial charge in [-0.05, 0) is 43.3 Å². The highest BCUT2D eigenvalue weighted by atomic mass is 19.1. The summed E-state index contributed by atoms with van der Waals surface area (Å²) in [7, 11) is 0. The molecule has 1 N–H and O–H groups in total. The summed E-state index contributed by atoms with van der Waals surface area (Å²) in [5.41, 5.74) is 3.04. The third-order valence-corrected chi connectivity index (χ3v) is 2.92. The Morgan fingerprint density at radius 1 is 1.28 bits per heavy atom. The molecule has 0 spiro atoms. The van der Waals surface area contributed by atoms with Crippen LogP contribution in [0, 0.1) is 5.82 Å². The molecule has 0 aliphatic rings. The number of nitrogens with zero attached hydrogens (tertiary/aromatic N) is 2. The molecule has 1 aromatic heterocycles. The summed E-state index contributed by atoms with van der Waals surface area (Å²) >= 11 is 0. The van der Waals surface area contributed by atoms with Gasteiger partial charge in [-0.25, -0.2) is 4.39 Å². The minimum Gasteiger partial charge on any atom is -0.313 e. The third-order valence-electron chi connectivity index (χ3n) is 2.92. The van der Waals surface area contributed by atoms with E-state index in [2.05, 4.69) is 10.4 Å². The van der Waals surface area contributed by atoms with Crippen molar-refractivity contribution in [1.82, 2.24) is 15.1 Å². The van der Waals surface area contributed by atoms with E-state index in [-0.39, 0.29) is 5.82 Å². The minimum atomic E-state index is -0.200. The molecule has 0 saturated heterocycles. The lowest BCUT2D eigenvalue weighted by molar-refractivity contribution is 0.621. The van der Waals surface area contributed by atoms with Crippen molar-refractivity contribution in [3.63, 3.8) is 0 Å². The maximum Gasteiger partial charge on any atom is 0.123 e. The third kappa shape index (κ3) is 2.59. The Balaban J connectivity index is 2.43. The molecule has 4 heteroatoms. The Bertz CT molecular complexity index is 520. The van der Waals surface area contributed by atoms with Gasteiger partial charge >= 0.3 is 0 Å². The molecular formula is C14H18FN3. The number of rotatable bonds is 5. The van der Waals surface area contributed by atoms with Crippen LogP contribution in [0.25, 0.3) is 11.3 Å². The lowest BCUT2D eigenvalue weighted by Crippen LogP contribution is -2.13. The number of nitrogens with one attached hydrogen (secondary N) is 1. The van der Waals surface area contributed by atoms with E-state index in [0.717, 1.165) is 29.9 Å². The van der Waals surface area contributed by atoms with Crippen LogP contribution in [0.4, 0.5) is 4.39 Å². The standard InChI is InChI=1S/C14H18FN3/c1-3-16-10-11-9-12(15)5-6-13(11)14-7-8-17-18(14)4-2/h5-9,16H,3-4,10H2,1-2H3. The summed E-state index contributed by atoms with van der Waals surface area (Å²) in [6, 6.07) is 6.88. The van der Waals surface area contributed by atoms with Crippen LogP contribution in [0.1, 0.15) is 19.4 Å². The van der Waals surface area contributed by atoms with Gasteiger partial charge in [0.1, 0.15) is 5.82 Å². The lowest BCUT2D eigenvalue weighted by atomic mass is 10.0. The van der Waals surface area contributed by atoms with Crippen LogP contribution < -0.4 is 5.32 Å². The van der Waals surface area contributed by atoms with Crippen molar-refractivity contribution in [3.8, 4) is 11.3 Å². The van der Waals surface area contributed by atoms with Crippen LogP contribution in [0.2, 0.25) is 0 Å². The lowest BCUT2D eigenvalue weighted by Gasteiger charge is -2.11. The van der Waals surface area contributed by atoms with Gasteiger partial charge in [0.2, 0.25) is 0 Å². The molecule has 0 fully saturated rings. The molecule has 0 aliphatic heterocycles. The van der Waals surface area contributed by atoms with Crippen molar-refractivity contribution in [1.29, 1.82) is 0 Å². The van der Waals surface area contributed by atoms with Crippen molar-refractivity contribution in [3.05, 3.63) is 41.8 Å². The fourth-order valence-corrected chi connectivity index (χ4v) is 2.03. The number of aryl methyl sites for hydroxylation is 1. The van der Waals surface area contributed by atoms with Crippen molar-refractivity contribution in [2.75, 3.05) is 6.54 Å². The molecule has 0 radical (unpaired) electrons. The number of benzene rings is 1. The summed E-state index contributed by atoms with van der Waals surface area (Å²) in [6.07, 6.45) is 1.78. The molecular weight excluding hydrogens is 229 g/mol. The van der Waals surface area contributed by atoms with E-state index < -0.39 is 0 Å². The number of aromatic nitrogens is 2. The average Bonchev–Trinajstić information content (AvgIpc) is 2.84. The fraction of sp³-hybridized carbons (Fsp3) is 0.357. The highest BCUT2D eigenvalue weighted by molar-refractivity contribution is 5.64. The molecule has 1 aromatic carbocycles. The maximum atomic E-state index is 13.3. The molecule has 2 aromatic rings. The maximum absolute atomic E-state index is 13.3. The van der Waals surface area contributed by atoms with Gasteiger partial charge in [0.25, 0.3) is 0 Å². The van der Waals surface area contributed by atoms with E-state index in [1.54, 1.807) is 12.3 Å². The second kappa shape index (κ2) is 5.78. The van der Waals surface area contributed by atoms with Crippen LogP contribution in [0.15, 0.2) is 30.5 Å². The first-order valence-corrected chi connectivity index (χ1v) is 6.27. The summed E-state index contributed by atoms with van der Waals surface area (Å²) in [5, 5.41) is 7.49. The van der Waals surface area contributed by atoms with Crippen molar-refractivity contribution in [2.24, 2.45) is 0 Å². The average molecular weight is 247 g/mol. The summed E-state index contributed by atoms with van der Waals surface area (Å²) in [5.74, 6) is -0.200. The van der Waals surface area contributed by atoms with Gasteiger partial charge in [0.15, 0.2) is 0 Å². The molecule has 0 bridgehead atoms. The Hall–Kier alpha value is -1.68. The highest BCUT2D eigenvalue weighted by Crippen LogP contribution is 2.24. The van der Waals surface area contributed by atoms with Gasteiger partial charge in [0, 0.05) is 24.8 Å². The number of hydrogen-bond acceptors (Lipinski definition) is 2.